The molecular weight excluding hydrogens is 577 g/mol. The number of halogens is 1. The third-order valence-corrected chi connectivity index (χ3v) is 10.2. The van der Waals surface area contributed by atoms with Gasteiger partial charge < -0.3 is 29.9 Å². The van der Waals surface area contributed by atoms with Crippen LogP contribution in [0.15, 0.2) is 24.5 Å². The fourth-order valence-corrected chi connectivity index (χ4v) is 7.51. The number of rotatable bonds is 11. The van der Waals surface area contributed by atoms with Gasteiger partial charge in [-0.3, -0.25) is 4.79 Å². The number of anilines is 1. The number of likely N-dealkylation sites (tertiary alicyclic amines) is 1. The second-order valence-corrected chi connectivity index (χ2v) is 13.4. The Kier molecular flexibility index (Phi) is 10.7. The first kappa shape index (κ1) is 32.8. The molecular formula is C33H48FN7O4. The molecule has 246 valence electrons. The first-order chi connectivity index (χ1) is 21.7. The Labute approximate surface area is 265 Å². The number of hydrogen-bond donors (Lipinski definition) is 2. The van der Waals surface area contributed by atoms with Crippen molar-refractivity contribution in [2.75, 3.05) is 50.7 Å². The number of carbonyl (C=O) groups is 2. The van der Waals surface area contributed by atoms with Crippen LogP contribution >= 0.6 is 0 Å². The van der Waals surface area contributed by atoms with Gasteiger partial charge in [-0.05, 0) is 121 Å². The zero-order chi connectivity index (χ0) is 32.0. The number of benzene rings is 1. The normalized spacial score (nSPS) is 20.5. The van der Waals surface area contributed by atoms with Gasteiger partial charge in [0.15, 0.2) is 5.82 Å². The molecule has 0 radical (unpaired) electrons. The molecule has 1 atom stereocenters. The van der Waals surface area contributed by atoms with Crippen molar-refractivity contribution < 1.29 is 23.8 Å². The molecule has 2 N–H and O–H groups in total. The predicted molar refractivity (Wildman–Crippen MR) is 169 cm³/mol. The van der Waals surface area contributed by atoms with E-state index in [1.807, 2.05) is 20.8 Å². The van der Waals surface area contributed by atoms with Crippen molar-refractivity contribution in [2.24, 2.45) is 17.3 Å². The lowest BCUT2D eigenvalue weighted by Crippen LogP contribution is -2.44. The molecule has 3 heterocycles. The van der Waals surface area contributed by atoms with E-state index in [2.05, 4.69) is 30.3 Å². The molecule has 1 aromatic carbocycles. The molecule has 2 saturated heterocycles. The Morgan fingerprint density at radius 1 is 1.13 bits per heavy atom. The van der Waals surface area contributed by atoms with Gasteiger partial charge >= 0.3 is 6.09 Å². The topological polar surface area (TPSA) is 124 Å². The molecule has 45 heavy (non-hydrogen) atoms. The van der Waals surface area contributed by atoms with Crippen molar-refractivity contribution in [1.82, 2.24) is 30.3 Å². The molecule has 12 heteroatoms. The standard InChI is InChI=1S/C33H48FN7O4/c1-4-41(23(2)3)31(42)27-19-26(34)5-6-28(27)45-30-29(36-22-37-38-30)40-16-10-25(21-40)20-39-17-13-33(14-18-39)11-7-24(8-12-33)9-15-35-32(43)44/h5-6,19,22-25,35H,4,7-18,20-21H2,1-3H3,(H,43,44)/t25-/m0/s1. The Hall–Kier alpha value is -3.54. The van der Waals surface area contributed by atoms with Crippen molar-refractivity contribution in [2.45, 2.75) is 78.2 Å². The van der Waals surface area contributed by atoms with Gasteiger partial charge in [0, 0.05) is 38.8 Å². The summed E-state index contributed by atoms with van der Waals surface area (Å²) < 4.78 is 20.4. The van der Waals surface area contributed by atoms with Gasteiger partial charge in [0.1, 0.15) is 17.9 Å². The zero-order valence-corrected chi connectivity index (χ0v) is 26.9. The van der Waals surface area contributed by atoms with Gasteiger partial charge in [0.25, 0.3) is 11.8 Å². The molecule has 1 spiro atoms. The van der Waals surface area contributed by atoms with Crippen molar-refractivity contribution in [3.63, 3.8) is 0 Å². The molecule has 1 aliphatic carbocycles. The average molecular weight is 626 g/mol. The van der Waals surface area contributed by atoms with Gasteiger partial charge in [0.05, 0.1) is 5.56 Å². The lowest BCUT2D eigenvalue weighted by atomic mass is 9.65. The van der Waals surface area contributed by atoms with E-state index in [0.717, 1.165) is 45.6 Å². The number of piperidine rings is 1. The number of carbonyl (C=O) groups excluding carboxylic acids is 1. The highest BCUT2D eigenvalue weighted by molar-refractivity contribution is 5.97. The fraction of sp³-hybridized carbons (Fsp3) is 0.667. The smallest absolute Gasteiger partial charge is 0.404 e. The lowest BCUT2D eigenvalue weighted by molar-refractivity contribution is 0.0455. The number of aromatic nitrogens is 3. The molecule has 11 nitrogen and oxygen atoms in total. The molecule has 3 aliphatic rings. The number of nitrogens with one attached hydrogen (secondary N) is 1. The first-order valence-electron chi connectivity index (χ1n) is 16.6. The van der Waals surface area contributed by atoms with Gasteiger partial charge in [-0.2, -0.15) is 0 Å². The van der Waals surface area contributed by atoms with Crippen LogP contribution in [-0.2, 0) is 0 Å². The summed E-state index contributed by atoms with van der Waals surface area (Å²) in [6.45, 7) is 11.7. The monoisotopic (exact) mass is 625 g/mol. The van der Waals surface area contributed by atoms with Crippen LogP contribution in [0.25, 0.3) is 0 Å². The summed E-state index contributed by atoms with van der Waals surface area (Å²) in [4.78, 5) is 35.0. The van der Waals surface area contributed by atoms with E-state index in [-0.39, 0.29) is 29.1 Å². The summed E-state index contributed by atoms with van der Waals surface area (Å²) in [5.74, 6) is 1.34. The zero-order valence-electron chi connectivity index (χ0n) is 26.9. The van der Waals surface area contributed by atoms with E-state index in [0.29, 0.717) is 36.2 Å². The maximum absolute atomic E-state index is 14.3. The van der Waals surface area contributed by atoms with Gasteiger partial charge in [-0.1, -0.05) is 0 Å². The van der Waals surface area contributed by atoms with E-state index in [1.54, 1.807) is 4.90 Å². The average Bonchev–Trinajstić information content (AvgIpc) is 3.49. The Morgan fingerprint density at radius 3 is 2.58 bits per heavy atom. The van der Waals surface area contributed by atoms with Crippen LogP contribution in [0.2, 0.25) is 0 Å². The van der Waals surface area contributed by atoms with Crippen LogP contribution in [0.1, 0.15) is 82.5 Å². The van der Waals surface area contributed by atoms with Crippen molar-refractivity contribution in [3.8, 4) is 11.6 Å². The van der Waals surface area contributed by atoms with E-state index in [4.69, 9.17) is 9.84 Å². The summed E-state index contributed by atoms with van der Waals surface area (Å²) in [6, 6.07) is 3.91. The van der Waals surface area contributed by atoms with E-state index < -0.39 is 11.9 Å². The molecule has 0 unspecified atom stereocenters. The molecule has 2 amide bonds. The van der Waals surface area contributed by atoms with Crippen molar-refractivity contribution in [1.29, 1.82) is 0 Å². The Morgan fingerprint density at radius 2 is 1.89 bits per heavy atom. The molecule has 2 aliphatic heterocycles. The second kappa shape index (κ2) is 14.7. The van der Waals surface area contributed by atoms with Crippen LogP contribution in [-0.4, -0.2) is 93.9 Å². The molecule has 0 bridgehead atoms. The minimum Gasteiger partial charge on any atom is -0.465 e. The third kappa shape index (κ3) is 8.19. The largest absolute Gasteiger partial charge is 0.465 e. The highest BCUT2D eigenvalue weighted by Crippen LogP contribution is 2.47. The van der Waals surface area contributed by atoms with Crippen LogP contribution in [0.5, 0.6) is 11.6 Å². The SMILES string of the molecule is CCN(C(=O)c1cc(F)ccc1Oc1nncnc1N1CC[C@@H](CN2CCC3(CCC(CCNC(=O)O)CC3)CC2)C1)C(C)C. The quantitative estimate of drug-likeness (QED) is 0.336. The van der Waals surface area contributed by atoms with E-state index >= 15 is 0 Å². The summed E-state index contributed by atoms with van der Waals surface area (Å²) in [6.07, 6.45) is 9.87. The molecule has 1 saturated carbocycles. The van der Waals surface area contributed by atoms with E-state index in [1.165, 1.54) is 63.1 Å². The molecule has 1 aromatic heterocycles. The lowest BCUT2D eigenvalue weighted by Gasteiger charge is -2.46. The van der Waals surface area contributed by atoms with Crippen LogP contribution < -0.4 is 15.0 Å². The minimum atomic E-state index is -0.931. The predicted octanol–water partition coefficient (Wildman–Crippen LogP) is 5.43. The maximum atomic E-state index is 14.3. The van der Waals surface area contributed by atoms with Gasteiger partial charge in [-0.25, -0.2) is 14.2 Å². The minimum absolute atomic E-state index is 0.0472. The molecule has 5 rings (SSSR count). The molecule has 2 aromatic rings. The summed E-state index contributed by atoms with van der Waals surface area (Å²) >= 11 is 0. The number of ether oxygens (including phenoxy) is 1. The third-order valence-electron chi connectivity index (χ3n) is 10.2. The van der Waals surface area contributed by atoms with Crippen molar-refractivity contribution >= 4 is 17.8 Å². The first-order valence-corrected chi connectivity index (χ1v) is 16.6. The Bertz CT molecular complexity index is 1310. The fourth-order valence-electron chi connectivity index (χ4n) is 7.51. The van der Waals surface area contributed by atoms with Crippen LogP contribution in [0.3, 0.4) is 0 Å². The maximum Gasteiger partial charge on any atom is 0.404 e. The number of hydrogen-bond acceptors (Lipinski definition) is 8. The number of carboxylic acid groups (broad SMARTS) is 1. The van der Waals surface area contributed by atoms with Crippen molar-refractivity contribution in [3.05, 3.63) is 35.9 Å². The molecule has 3 fully saturated rings. The Balaban J connectivity index is 1.15. The number of nitrogens with zero attached hydrogens (tertiary/aromatic N) is 6. The van der Waals surface area contributed by atoms with Gasteiger partial charge in [0.2, 0.25) is 0 Å². The van der Waals surface area contributed by atoms with Crippen LogP contribution in [0, 0.1) is 23.1 Å². The second-order valence-electron chi connectivity index (χ2n) is 13.4. The van der Waals surface area contributed by atoms with Gasteiger partial charge in [-0.15, -0.1) is 10.2 Å². The number of amides is 2. The summed E-state index contributed by atoms with van der Waals surface area (Å²) in [7, 11) is 0. The highest BCUT2D eigenvalue weighted by atomic mass is 19.1. The summed E-state index contributed by atoms with van der Waals surface area (Å²) in [5, 5.41) is 19.5. The highest BCUT2D eigenvalue weighted by Gasteiger charge is 2.39. The summed E-state index contributed by atoms with van der Waals surface area (Å²) in [5.41, 5.74) is 0.602. The van der Waals surface area contributed by atoms with E-state index in [9.17, 15) is 14.0 Å². The van der Waals surface area contributed by atoms with Crippen LogP contribution in [0.4, 0.5) is 15.0 Å².